The molecule has 2 aromatic rings. The van der Waals surface area contributed by atoms with Crippen LogP contribution in [0.1, 0.15) is 31.7 Å². The monoisotopic (exact) mass is 368 g/mol. The highest BCUT2D eigenvalue weighted by Gasteiger charge is 2.25. The number of sulfonamides is 1. The number of nitrogens with one attached hydrogen (secondary N) is 1. The summed E-state index contributed by atoms with van der Waals surface area (Å²) in [5.41, 5.74) is 0. The second-order valence-electron chi connectivity index (χ2n) is 5.84. The molecule has 1 amide bonds. The quantitative estimate of drug-likeness (QED) is 0.848. The first-order valence-electron chi connectivity index (χ1n) is 7.81. The summed E-state index contributed by atoms with van der Waals surface area (Å²) in [5, 5.41) is 8.76. The summed E-state index contributed by atoms with van der Waals surface area (Å²) in [6.45, 7) is -0.240. The average molecular weight is 368 g/mol. The van der Waals surface area contributed by atoms with Crippen LogP contribution in [-0.4, -0.2) is 42.0 Å². The van der Waals surface area contributed by atoms with Crippen LogP contribution < -0.4 is 5.32 Å². The minimum absolute atomic E-state index is 0.230. The number of aromatic nitrogens is 2. The Kier molecular flexibility index (Phi) is 5.02. The topological polar surface area (TPSA) is 84.3 Å². The van der Waals surface area contributed by atoms with Gasteiger partial charge in [-0.1, -0.05) is 18.9 Å². The van der Waals surface area contributed by atoms with Crippen LogP contribution >= 0.6 is 11.3 Å². The molecule has 1 aliphatic carbocycles. The number of hydrogen-bond acceptors (Lipinski definition) is 5. The third-order valence-corrected chi connectivity index (χ3v) is 7.31. The van der Waals surface area contributed by atoms with E-state index in [1.807, 2.05) is 4.68 Å². The molecule has 2 aromatic heterocycles. The second kappa shape index (κ2) is 7.04. The van der Waals surface area contributed by atoms with Gasteiger partial charge in [0.15, 0.2) is 0 Å². The molecule has 3 rings (SSSR count). The molecular weight excluding hydrogens is 348 g/mol. The molecule has 1 N–H and O–H groups in total. The lowest BCUT2D eigenvalue weighted by atomic mass is 10.2. The summed E-state index contributed by atoms with van der Waals surface area (Å²) >= 11 is 1.13. The smallest absolute Gasteiger partial charge is 0.252 e. The largest absolute Gasteiger partial charge is 0.310 e. The highest BCUT2D eigenvalue weighted by Crippen LogP contribution is 2.31. The van der Waals surface area contributed by atoms with E-state index in [1.165, 1.54) is 26.0 Å². The number of amides is 1. The summed E-state index contributed by atoms with van der Waals surface area (Å²) < 4.78 is 27.8. The van der Waals surface area contributed by atoms with Crippen LogP contribution in [0.5, 0.6) is 0 Å². The van der Waals surface area contributed by atoms with Crippen molar-refractivity contribution in [1.82, 2.24) is 14.1 Å². The van der Waals surface area contributed by atoms with Gasteiger partial charge in [0.1, 0.15) is 10.0 Å². The van der Waals surface area contributed by atoms with Gasteiger partial charge >= 0.3 is 0 Å². The lowest BCUT2D eigenvalue weighted by Crippen LogP contribution is -2.35. The summed E-state index contributed by atoms with van der Waals surface area (Å²) in [6, 6.07) is 5.25. The van der Waals surface area contributed by atoms with Crippen molar-refractivity contribution in [3.63, 3.8) is 0 Å². The second-order valence-corrected chi connectivity index (χ2v) is 9.06. The number of rotatable bonds is 6. The van der Waals surface area contributed by atoms with Crippen molar-refractivity contribution in [3.8, 4) is 0 Å². The maximum Gasteiger partial charge on any atom is 0.252 e. The first kappa shape index (κ1) is 17.1. The Morgan fingerprint density at radius 1 is 1.42 bits per heavy atom. The lowest BCUT2D eigenvalue weighted by molar-refractivity contribution is -0.116. The zero-order valence-corrected chi connectivity index (χ0v) is 15.0. The van der Waals surface area contributed by atoms with Gasteiger partial charge in [-0.2, -0.15) is 9.40 Å². The zero-order chi connectivity index (χ0) is 17.2. The number of carbonyl (C=O) groups is 1. The van der Waals surface area contributed by atoms with Crippen molar-refractivity contribution >= 4 is 33.1 Å². The maximum absolute atomic E-state index is 12.3. The number of nitrogens with zero attached hydrogens (tertiary/aromatic N) is 3. The molecule has 1 aliphatic rings. The molecular formula is C15H20N4O3S2. The first-order chi connectivity index (χ1) is 11.5. The highest BCUT2D eigenvalue weighted by atomic mass is 32.2. The van der Waals surface area contributed by atoms with Crippen molar-refractivity contribution in [2.24, 2.45) is 0 Å². The molecule has 1 fully saturated rings. The Morgan fingerprint density at radius 2 is 2.17 bits per heavy atom. The van der Waals surface area contributed by atoms with Crippen LogP contribution in [-0.2, 0) is 14.8 Å². The van der Waals surface area contributed by atoms with Crippen molar-refractivity contribution < 1.29 is 13.2 Å². The Bertz CT molecular complexity index is 793. The summed E-state index contributed by atoms with van der Waals surface area (Å²) in [4.78, 5) is 12.2. The zero-order valence-electron chi connectivity index (χ0n) is 13.4. The predicted molar refractivity (Wildman–Crippen MR) is 92.5 cm³/mol. The third-order valence-electron chi connectivity index (χ3n) is 4.13. The van der Waals surface area contributed by atoms with Gasteiger partial charge in [0, 0.05) is 13.1 Å². The number of carbonyl (C=O) groups excluding carboxylic acids is 1. The van der Waals surface area contributed by atoms with Gasteiger partial charge in [0.2, 0.25) is 5.91 Å². The standard InChI is InChI=1S/C15H20N4O3S2/c1-18(24(21,22)15-7-4-10-23-15)11-14(20)17-13-8-9-16-19(13)12-5-2-3-6-12/h4,7-10,12H,2-3,5-6,11H2,1H3,(H,17,20). The van der Waals surface area contributed by atoms with Crippen molar-refractivity contribution in [1.29, 1.82) is 0 Å². The molecule has 130 valence electrons. The van der Waals surface area contributed by atoms with Gasteiger partial charge in [0.05, 0.1) is 18.8 Å². The van der Waals surface area contributed by atoms with E-state index in [1.54, 1.807) is 23.7 Å². The lowest BCUT2D eigenvalue weighted by Gasteiger charge is -2.17. The van der Waals surface area contributed by atoms with Crippen LogP contribution in [0.15, 0.2) is 34.0 Å². The van der Waals surface area contributed by atoms with Gasteiger partial charge in [-0.25, -0.2) is 13.1 Å². The van der Waals surface area contributed by atoms with Crippen molar-refractivity contribution in [2.45, 2.75) is 35.9 Å². The molecule has 0 spiro atoms. The molecule has 0 saturated heterocycles. The molecule has 7 nitrogen and oxygen atoms in total. The van der Waals surface area contributed by atoms with E-state index >= 15 is 0 Å². The van der Waals surface area contributed by atoms with Crippen LogP contribution in [0.2, 0.25) is 0 Å². The number of hydrogen-bond donors (Lipinski definition) is 1. The minimum Gasteiger partial charge on any atom is -0.310 e. The molecule has 0 unspecified atom stereocenters. The highest BCUT2D eigenvalue weighted by molar-refractivity contribution is 7.91. The van der Waals surface area contributed by atoms with E-state index in [-0.39, 0.29) is 16.7 Å². The molecule has 1 saturated carbocycles. The van der Waals surface area contributed by atoms with Gasteiger partial charge in [-0.3, -0.25) is 4.79 Å². The fraction of sp³-hybridized carbons (Fsp3) is 0.467. The number of anilines is 1. The van der Waals surface area contributed by atoms with Crippen molar-refractivity contribution in [3.05, 3.63) is 29.8 Å². The fourth-order valence-corrected chi connectivity index (χ4v) is 5.21. The maximum atomic E-state index is 12.3. The number of thiophene rings is 1. The predicted octanol–water partition coefficient (Wildman–Crippen LogP) is 2.32. The minimum atomic E-state index is -3.63. The molecule has 0 aliphatic heterocycles. The molecule has 0 radical (unpaired) electrons. The van der Waals surface area contributed by atoms with Gasteiger partial charge < -0.3 is 5.32 Å². The van der Waals surface area contributed by atoms with Crippen LogP contribution in [0, 0.1) is 0 Å². The average Bonchev–Trinajstić information content (AvgIpc) is 3.28. The Hall–Kier alpha value is -1.71. The van der Waals surface area contributed by atoms with Crippen LogP contribution in [0.4, 0.5) is 5.82 Å². The fourth-order valence-electron chi connectivity index (χ4n) is 2.89. The number of likely N-dealkylation sites (N-methyl/N-ethyl adjacent to an activating group) is 1. The molecule has 0 atom stereocenters. The first-order valence-corrected chi connectivity index (χ1v) is 10.1. The summed E-state index contributed by atoms with van der Waals surface area (Å²) in [5.74, 6) is 0.242. The third kappa shape index (κ3) is 3.52. The Labute approximate surface area is 145 Å². The van der Waals surface area contributed by atoms with E-state index in [4.69, 9.17) is 0 Å². The molecule has 9 heteroatoms. The van der Waals surface area contributed by atoms with E-state index in [2.05, 4.69) is 10.4 Å². The van der Waals surface area contributed by atoms with E-state index in [0.717, 1.165) is 28.5 Å². The molecule has 0 bridgehead atoms. The molecule has 2 heterocycles. The van der Waals surface area contributed by atoms with Crippen LogP contribution in [0.25, 0.3) is 0 Å². The van der Waals surface area contributed by atoms with Crippen molar-refractivity contribution in [2.75, 3.05) is 18.9 Å². The Balaban J connectivity index is 1.65. The van der Waals surface area contributed by atoms with Gasteiger partial charge in [-0.15, -0.1) is 11.3 Å². The summed E-state index contributed by atoms with van der Waals surface area (Å²) in [6.07, 6.45) is 6.09. The van der Waals surface area contributed by atoms with E-state index in [0.29, 0.717) is 11.9 Å². The molecule has 0 aromatic carbocycles. The van der Waals surface area contributed by atoms with Crippen LogP contribution in [0.3, 0.4) is 0 Å². The Morgan fingerprint density at radius 3 is 2.83 bits per heavy atom. The summed E-state index contributed by atoms with van der Waals surface area (Å²) in [7, 11) is -2.22. The normalized spacial score (nSPS) is 15.9. The van der Waals surface area contributed by atoms with E-state index < -0.39 is 10.0 Å². The van der Waals surface area contributed by atoms with Gasteiger partial charge in [-0.05, 0) is 24.3 Å². The SMILES string of the molecule is CN(CC(=O)Nc1ccnn1C1CCCC1)S(=O)(=O)c1cccs1. The molecule has 24 heavy (non-hydrogen) atoms. The van der Waals surface area contributed by atoms with Gasteiger partial charge in [0.25, 0.3) is 10.0 Å². The van der Waals surface area contributed by atoms with E-state index in [9.17, 15) is 13.2 Å².